The van der Waals surface area contributed by atoms with Gasteiger partial charge in [0, 0.05) is 23.6 Å². The Morgan fingerprint density at radius 1 is 1.08 bits per heavy atom. The molecule has 2 N–H and O–H groups in total. The zero-order valence-electron chi connectivity index (χ0n) is 13.3. The topological polar surface area (TPSA) is 40.2 Å². The average Bonchev–Trinajstić information content (AvgIpc) is 2.88. The molecule has 0 atom stereocenters. The molecule has 1 heterocycles. The zero-order valence-corrected chi connectivity index (χ0v) is 15.6. The number of halogens is 3. The molecule has 0 spiro atoms. The Kier molecular flexibility index (Phi) is 6.41. The van der Waals surface area contributed by atoms with Crippen LogP contribution in [0, 0.1) is 0 Å². The number of nitrogens with zero attached hydrogens (tertiary/aromatic N) is 1. The van der Waals surface area contributed by atoms with Crippen molar-refractivity contribution in [1.82, 2.24) is 4.57 Å². The van der Waals surface area contributed by atoms with Gasteiger partial charge in [-0.25, -0.2) is 0 Å². The molecule has 0 aliphatic rings. The molecule has 0 unspecified atom stereocenters. The molecular weight excluding hydrogens is 367 g/mol. The number of hydrogen-bond acceptors (Lipinski definition) is 2. The van der Waals surface area contributed by atoms with E-state index in [9.17, 15) is 0 Å². The minimum atomic E-state index is 0. The third-order valence-electron chi connectivity index (χ3n) is 3.92. The fourth-order valence-corrected chi connectivity index (χ4v) is 3.12. The Hall–Kier alpha value is -1.39. The van der Waals surface area contributed by atoms with Gasteiger partial charge < -0.3 is 15.0 Å². The first-order valence-electron chi connectivity index (χ1n) is 7.42. The number of ether oxygens (including phenoxy) is 1. The second kappa shape index (κ2) is 8.13. The van der Waals surface area contributed by atoms with Crippen LogP contribution in [0.25, 0.3) is 10.9 Å². The van der Waals surface area contributed by atoms with Crippen LogP contribution >= 0.6 is 35.6 Å². The summed E-state index contributed by atoms with van der Waals surface area (Å²) < 4.78 is 7.55. The molecule has 0 aliphatic carbocycles. The van der Waals surface area contributed by atoms with Crippen LogP contribution in [0.4, 0.5) is 0 Å². The molecule has 24 heavy (non-hydrogen) atoms. The van der Waals surface area contributed by atoms with Crippen molar-refractivity contribution in [2.45, 2.75) is 13.0 Å². The summed E-state index contributed by atoms with van der Waals surface area (Å²) in [4.78, 5) is 0. The van der Waals surface area contributed by atoms with Crippen LogP contribution < -0.4 is 10.5 Å². The van der Waals surface area contributed by atoms with Gasteiger partial charge in [0.15, 0.2) is 0 Å². The van der Waals surface area contributed by atoms with Crippen LogP contribution in [0.1, 0.15) is 11.1 Å². The lowest BCUT2D eigenvalue weighted by molar-refractivity contribution is 0.415. The summed E-state index contributed by atoms with van der Waals surface area (Å²) in [7, 11) is 1.68. The lowest BCUT2D eigenvalue weighted by Gasteiger charge is -2.07. The van der Waals surface area contributed by atoms with Gasteiger partial charge in [-0.1, -0.05) is 29.3 Å². The van der Waals surface area contributed by atoms with Gasteiger partial charge >= 0.3 is 0 Å². The summed E-state index contributed by atoms with van der Waals surface area (Å²) >= 11 is 12.1. The highest BCUT2D eigenvalue weighted by atomic mass is 35.5. The third-order valence-corrected chi connectivity index (χ3v) is 4.66. The maximum absolute atomic E-state index is 6.12. The fourth-order valence-electron chi connectivity index (χ4n) is 2.80. The van der Waals surface area contributed by atoms with Gasteiger partial charge in [0.25, 0.3) is 0 Å². The second-order valence-electron chi connectivity index (χ2n) is 5.45. The molecule has 3 rings (SSSR count). The van der Waals surface area contributed by atoms with Gasteiger partial charge in [0.05, 0.1) is 17.2 Å². The normalized spacial score (nSPS) is 10.7. The molecule has 1 aromatic heterocycles. The Morgan fingerprint density at radius 2 is 1.88 bits per heavy atom. The van der Waals surface area contributed by atoms with E-state index < -0.39 is 0 Å². The first-order valence-corrected chi connectivity index (χ1v) is 8.17. The van der Waals surface area contributed by atoms with Crippen LogP contribution in [0.3, 0.4) is 0 Å². The van der Waals surface area contributed by atoms with Crippen molar-refractivity contribution in [3.63, 3.8) is 0 Å². The average molecular weight is 386 g/mol. The summed E-state index contributed by atoms with van der Waals surface area (Å²) in [6, 6.07) is 11.8. The molecule has 0 saturated carbocycles. The standard InChI is InChI=1S/C18H18Cl2N2O.ClH/c1-23-14-3-5-18-15(9-14)13(6-7-21)11-22(18)10-12-2-4-16(19)17(20)8-12;/h2-5,8-9,11H,6-7,10,21H2,1H3;1H. The molecule has 0 amide bonds. The number of benzene rings is 2. The predicted octanol–water partition coefficient (Wildman–Crippen LogP) is 4.93. The number of hydrogen-bond donors (Lipinski definition) is 1. The van der Waals surface area contributed by atoms with Gasteiger partial charge in [-0.3, -0.25) is 0 Å². The Labute approximate surface area is 157 Å². The Bertz CT molecular complexity index is 846. The SMILES string of the molecule is COc1ccc2c(c1)c(CCN)cn2Cc1ccc(Cl)c(Cl)c1.Cl. The van der Waals surface area contributed by atoms with E-state index in [0.29, 0.717) is 16.6 Å². The summed E-state index contributed by atoms with van der Waals surface area (Å²) in [6.45, 7) is 1.34. The largest absolute Gasteiger partial charge is 0.497 e. The van der Waals surface area contributed by atoms with Gasteiger partial charge in [-0.05, 0) is 54.4 Å². The summed E-state index contributed by atoms with van der Waals surface area (Å²) in [5, 5.41) is 2.32. The van der Waals surface area contributed by atoms with Crippen molar-refractivity contribution < 1.29 is 4.74 Å². The van der Waals surface area contributed by atoms with Crippen molar-refractivity contribution in [3.8, 4) is 5.75 Å². The van der Waals surface area contributed by atoms with Crippen LogP contribution in [-0.4, -0.2) is 18.2 Å². The third kappa shape index (κ3) is 3.81. The van der Waals surface area contributed by atoms with Crippen LogP contribution in [0.5, 0.6) is 5.75 Å². The molecule has 0 radical (unpaired) electrons. The lowest BCUT2D eigenvalue weighted by atomic mass is 10.1. The van der Waals surface area contributed by atoms with E-state index in [0.717, 1.165) is 29.8 Å². The number of rotatable bonds is 5. The molecule has 3 aromatic rings. The first-order chi connectivity index (χ1) is 11.1. The van der Waals surface area contributed by atoms with Crippen LogP contribution in [0.15, 0.2) is 42.6 Å². The molecule has 3 nitrogen and oxygen atoms in total. The molecule has 2 aromatic carbocycles. The smallest absolute Gasteiger partial charge is 0.119 e. The molecule has 6 heteroatoms. The minimum Gasteiger partial charge on any atom is -0.497 e. The van der Waals surface area contributed by atoms with Crippen molar-refractivity contribution in [3.05, 3.63) is 63.8 Å². The first kappa shape index (κ1) is 18.9. The number of nitrogens with two attached hydrogens (primary N) is 1. The fraction of sp³-hybridized carbons (Fsp3) is 0.222. The number of methoxy groups -OCH3 is 1. The summed E-state index contributed by atoms with van der Waals surface area (Å²) in [5.74, 6) is 0.850. The van der Waals surface area contributed by atoms with Gasteiger partial charge in [0.2, 0.25) is 0 Å². The number of fused-ring (bicyclic) bond motifs is 1. The van der Waals surface area contributed by atoms with Crippen LogP contribution in [-0.2, 0) is 13.0 Å². The van der Waals surface area contributed by atoms with E-state index in [1.54, 1.807) is 7.11 Å². The van der Waals surface area contributed by atoms with E-state index >= 15 is 0 Å². The Morgan fingerprint density at radius 3 is 2.54 bits per heavy atom. The monoisotopic (exact) mass is 384 g/mol. The molecular formula is C18H19Cl3N2O. The lowest BCUT2D eigenvalue weighted by Crippen LogP contribution is -2.02. The maximum Gasteiger partial charge on any atom is 0.119 e. The minimum absolute atomic E-state index is 0. The molecule has 0 aliphatic heterocycles. The van der Waals surface area contributed by atoms with Gasteiger partial charge in [-0.15, -0.1) is 12.4 Å². The van der Waals surface area contributed by atoms with E-state index in [1.807, 2.05) is 24.3 Å². The number of aromatic nitrogens is 1. The highest BCUT2D eigenvalue weighted by Gasteiger charge is 2.10. The van der Waals surface area contributed by atoms with Crippen molar-refractivity contribution in [1.29, 1.82) is 0 Å². The maximum atomic E-state index is 6.12. The van der Waals surface area contributed by atoms with Gasteiger partial charge in [0.1, 0.15) is 5.75 Å². The van der Waals surface area contributed by atoms with E-state index in [-0.39, 0.29) is 12.4 Å². The highest BCUT2D eigenvalue weighted by molar-refractivity contribution is 6.42. The summed E-state index contributed by atoms with van der Waals surface area (Å²) in [5.41, 5.74) is 9.23. The van der Waals surface area contributed by atoms with Crippen molar-refractivity contribution >= 4 is 46.5 Å². The van der Waals surface area contributed by atoms with E-state index in [1.165, 1.54) is 10.9 Å². The van der Waals surface area contributed by atoms with E-state index in [2.05, 4.69) is 22.9 Å². The molecule has 0 saturated heterocycles. The summed E-state index contributed by atoms with van der Waals surface area (Å²) in [6.07, 6.45) is 2.98. The quantitative estimate of drug-likeness (QED) is 0.676. The highest BCUT2D eigenvalue weighted by Crippen LogP contribution is 2.28. The molecule has 128 valence electrons. The van der Waals surface area contributed by atoms with Crippen molar-refractivity contribution in [2.75, 3.05) is 13.7 Å². The second-order valence-corrected chi connectivity index (χ2v) is 6.27. The van der Waals surface area contributed by atoms with E-state index in [4.69, 9.17) is 33.7 Å². The predicted molar refractivity (Wildman–Crippen MR) is 104 cm³/mol. The van der Waals surface area contributed by atoms with Crippen LogP contribution in [0.2, 0.25) is 10.0 Å². The van der Waals surface area contributed by atoms with Crippen molar-refractivity contribution in [2.24, 2.45) is 5.73 Å². The molecule has 0 fully saturated rings. The van der Waals surface area contributed by atoms with Gasteiger partial charge in [-0.2, -0.15) is 0 Å². The molecule has 0 bridgehead atoms. The zero-order chi connectivity index (χ0) is 16.4. The Balaban J connectivity index is 0.00000208.